The van der Waals surface area contributed by atoms with E-state index in [1.165, 1.54) is 6.33 Å². The number of rotatable bonds is 6. The number of imidazole rings is 1. The molecule has 0 amide bonds. The Labute approximate surface area is 186 Å². The molecule has 0 aliphatic carbocycles. The third kappa shape index (κ3) is 4.07. The van der Waals surface area contributed by atoms with Crippen molar-refractivity contribution in [2.45, 2.75) is 31.3 Å². The molecule has 0 radical (unpaired) electrons. The predicted octanol–water partition coefficient (Wildman–Crippen LogP) is 2.65. The topological polar surface area (TPSA) is 136 Å². The molecule has 1 aliphatic heterocycles. The van der Waals surface area contributed by atoms with Crippen LogP contribution in [-0.4, -0.2) is 49.2 Å². The molecular formula is C19H21BrClN7O2. The van der Waals surface area contributed by atoms with Gasteiger partial charge in [-0.15, -0.1) is 0 Å². The summed E-state index contributed by atoms with van der Waals surface area (Å²) in [5.41, 5.74) is 15.0. The van der Waals surface area contributed by atoms with Gasteiger partial charge in [0.1, 0.15) is 11.8 Å². The summed E-state index contributed by atoms with van der Waals surface area (Å²) < 4.78 is 2.76. The zero-order chi connectivity index (χ0) is 21.5. The Morgan fingerprint density at radius 2 is 2.13 bits per heavy atom. The van der Waals surface area contributed by atoms with Crippen LogP contribution >= 0.6 is 27.5 Å². The van der Waals surface area contributed by atoms with E-state index in [9.17, 15) is 4.79 Å². The lowest BCUT2D eigenvalue weighted by atomic mass is 9.94. The molecule has 0 bridgehead atoms. The number of carboxylic acids is 1. The van der Waals surface area contributed by atoms with Gasteiger partial charge < -0.3 is 26.0 Å². The highest BCUT2D eigenvalue weighted by Gasteiger charge is 2.36. The number of nitrogens with zero attached hydrogens (tertiary/aromatic N) is 5. The van der Waals surface area contributed by atoms with Crippen LogP contribution in [0.15, 0.2) is 29.3 Å². The van der Waals surface area contributed by atoms with Crippen molar-refractivity contribution in [3.8, 4) is 0 Å². The van der Waals surface area contributed by atoms with Crippen LogP contribution < -0.4 is 16.4 Å². The molecule has 1 aromatic carbocycles. The fourth-order valence-corrected chi connectivity index (χ4v) is 4.79. The molecule has 1 saturated heterocycles. The van der Waals surface area contributed by atoms with Crippen molar-refractivity contribution >= 4 is 56.2 Å². The fraction of sp³-hybridized carbons (Fsp3) is 0.368. The monoisotopic (exact) mass is 493 g/mol. The maximum atomic E-state index is 11.0. The van der Waals surface area contributed by atoms with Gasteiger partial charge in [0.05, 0.1) is 12.9 Å². The first-order valence-corrected chi connectivity index (χ1v) is 10.6. The number of fused-ring (bicyclic) bond motifs is 1. The van der Waals surface area contributed by atoms with E-state index < -0.39 is 11.5 Å². The molecule has 5 N–H and O–H groups in total. The van der Waals surface area contributed by atoms with Gasteiger partial charge >= 0.3 is 5.97 Å². The molecule has 0 saturated carbocycles. The summed E-state index contributed by atoms with van der Waals surface area (Å²) in [5, 5.41) is 9.62. The van der Waals surface area contributed by atoms with Crippen LogP contribution in [0.4, 0.5) is 11.5 Å². The molecular weight excluding hydrogens is 474 g/mol. The normalized spacial score (nSPS) is 19.0. The van der Waals surface area contributed by atoms with Gasteiger partial charge in [0.2, 0.25) is 0 Å². The number of carbonyl (C=O) groups is 1. The molecule has 11 heteroatoms. The predicted molar refractivity (Wildman–Crippen MR) is 119 cm³/mol. The summed E-state index contributed by atoms with van der Waals surface area (Å²) >= 11 is 9.99. The van der Waals surface area contributed by atoms with Crippen LogP contribution in [0.1, 0.15) is 24.8 Å². The number of hydrogen-bond acceptors (Lipinski definition) is 7. The number of halogens is 2. The molecule has 30 heavy (non-hydrogen) atoms. The van der Waals surface area contributed by atoms with Gasteiger partial charge in [0, 0.05) is 45.8 Å². The number of anilines is 2. The number of aromatic nitrogens is 4. The number of nitrogens with two attached hydrogens (primary N) is 2. The maximum absolute atomic E-state index is 11.0. The van der Waals surface area contributed by atoms with Crippen molar-refractivity contribution in [3.63, 3.8) is 0 Å². The maximum Gasteiger partial charge on any atom is 0.303 e. The average Bonchev–Trinajstić information content (AvgIpc) is 3.27. The van der Waals surface area contributed by atoms with Crippen molar-refractivity contribution < 1.29 is 9.90 Å². The molecule has 3 heterocycles. The highest BCUT2D eigenvalue weighted by atomic mass is 79.9. The summed E-state index contributed by atoms with van der Waals surface area (Å²) in [6.45, 7) is 1.76. The lowest BCUT2D eigenvalue weighted by Gasteiger charge is -2.27. The van der Waals surface area contributed by atoms with Crippen molar-refractivity contribution in [2.75, 3.05) is 23.7 Å². The van der Waals surface area contributed by atoms with Gasteiger partial charge in [-0.1, -0.05) is 27.5 Å². The third-order valence-corrected chi connectivity index (χ3v) is 6.38. The molecule has 4 rings (SSSR count). The Hall–Kier alpha value is -2.43. The van der Waals surface area contributed by atoms with Gasteiger partial charge in [0.25, 0.3) is 0 Å². The molecule has 1 unspecified atom stereocenters. The lowest BCUT2D eigenvalue weighted by molar-refractivity contribution is -0.137. The van der Waals surface area contributed by atoms with Crippen LogP contribution in [0.25, 0.3) is 11.2 Å². The number of nitrogen functional groups attached to an aromatic ring is 1. The zero-order valence-corrected chi connectivity index (χ0v) is 18.4. The molecule has 2 aromatic heterocycles. The highest BCUT2D eigenvalue weighted by molar-refractivity contribution is 9.10. The summed E-state index contributed by atoms with van der Waals surface area (Å²) in [6, 6.07) is 3.76. The molecule has 1 fully saturated rings. The lowest BCUT2D eigenvalue weighted by Crippen LogP contribution is -2.43. The highest BCUT2D eigenvalue weighted by Crippen LogP contribution is 2.37. The largest absolute Gasteiger partial charge is 0.481 e. The summed E-state index contributed by atoms with van der Waals surface area (Å²) in [4.78, 5) is 25.8. The standard InChI is InChI=1S/C19H21BrClN7O2/c20-13-5-11(21)6-14(27-4-3-19(23,8-27)2-1-15(29)30)12(13)7-28-10-26-16-17(22)24-9-25-18(16)28/h5-6,9-10H,1-4,7-8,23H2,(H,29,30)(H2,22,24,25). The summed E-state index contributed by atoms with van der Waals surface area (Å²) in [7, 11) is 0. The van der Waals surface area contributed by atoms with Crippen molar-refractivity contribution in [1.29, 1.82) is 0 Å². The fourth-order valence-electron chi connectivity index (χ4n) is 3.87. The second-order valence-corrected chi connectivity index (χ2v) is 8.91. The van der Waals surface area contributed by atoms with Crippen LogP contribution in [0.5, 0.6) is 0 Å². The van der Waals surface area contributed by atoms with Crippen LogP contribution in [0, 0.1) is 0 Å². The Kier molecular flexibility index (Phi) is 5.56. The van der Waals surface area contributed by atoms with Crippen molar-refractivity contribution in [1.82, 2.24) is 19.5 Å². The van der Waals surface area contributed by atoms with Crippen LogP contribution in [0.3, 0.4) is 0 Å². The van der Waals surface area contributed by atoms with E-state index in [1.54, 1.807) is 6.33 Å². The molecule has 9 nitrogen and oxygen atoms in total. The van der Waals surface area contributed by atoms with Crippen LogP contribution in [-0.2, 0) is 11.3 Å². The SMILES string of the molecule is Nc1ncnc2c1ncn2Cc1c(Br)cc(Cl)cc1N1CCC(N)(CCC(=O)O)C1. The van der Waals surface area contributed by atoms with Crippen molar-refractivity contribution in [2.24, 2.45) is 5.73 Å². The van der Waals surface area contributed by atoms with Crippen molar-refractivity contribution in [3.05, 3.63) is 39.8 Å². The zero-order valence-electron chi connectivity index (χ0n) is 16.1. The summed E-state index contributed by atoms with van der Waals surface area (Å²) in [6.07, 6.45) is 4.29. The minimum absolute atomic E-state index is 0.0542. The molecule has 0 spiro atoms. The first-order valence-electron chi connectivity index (χ1n) is 9.41. The smallest absolute Gasteiger partial charge is 0.303 e. The first-order chi connectivity index (χ1) is 14.3. The van der Waals surface area contributed by atoms with Crippen LogP contribution in [0.2, 0.25) is 5.02 Å². The van der Waals surface area contributed by atoms with Gasteiger partial charge in [0.15, 0.2) is 11.5 Å². The Morgan fingerprint density at radius 1 is 1.33 bits per heavy atom. The van der Waals surface area contributed by atoms with Gasteiger partial charge in [-0.25, -0.2) is 15.0 Å². The van der Waals surface area contributed by atoms with E-state index in [1.807, 2.05) is 16.7 Å². The molecule has 158 valence electrons. The Bertz CT molecular complexity index is 1120. The van der Waals surface area contributed by atoms with E-state index in [0.717, 1.165) is 22.3 Å². The first kappa shape index (κ1) is 20.8. The Morgan fingerprint density at radius 3 is 2.90 bits per heavy atom. The minimum Gasteiger partial charge on any atom is -0.481 e. The van der Waals surface area contributed by atoms with E-state index in [-0.39, 0.29) is 6.42 Å². The third-order valence-electron chi connectivity index (χ3n) is 5.46. The average molecular weight is 495 g/mol. The number of hydrogen-bond donors (Lipinski definition) is 3. The van der Waals surface area contributed by atoms with E-state index in [2.05, 4.69) is 35.8 Å². The quantitative estimate of drug-likeness (QED) is 0.476. The summed E-state index contributed by atoms with van der Waals surface area (Å²) in [5.74, 6) is -0.502. The second kappa shape index (κ2) is 8.01. The van der Waals surface area contributed by atoms with E-state index in [0.29, 0.717) is 47.9 Å². The minimum atomic E-state index is -0.835. The molecule has 1 aliphatic rings. The number of benzene rings is 1. The van der Waals surface area contributed by atoms with E-state index in [4.69, 9.17) is 28.2 Å². The second-order valence-electron chi connectivity index (χ2n) is 7.62. The number of carboxylic acid groups (broad SMARTS) is 1. The molecule has 3 aromatic rings. The number of aliphatic carboxylic acids is 1. The van der Waals surface area contributed by atoms with Gasteiger partial charge in [-0.05, 0) is 25.0 Å². The van der Waals surface area contributed by atoms with E-state index >= 15 is 0 Å². The van der Waals surface area contributed by atoms with Gasteiger partial charge in [-0.3, -0.25) is 4.79 Å². The molecule has 1 atom stereocenters. The van der Waals surface area contributed by atoms with Gasteiger partial charge in [-0.2, -0.15) is 0 Å². The Balaban J connectivity index is 1.67.